The first-order chi connectivity index (χ1) is 7.77. The summed E-state index contributed by atoms with van der Waals surface area (Å²) >= 11 is 0. The van der Waals surface area contributed by atoms with Crippen molar-refractivity contribution in [2.45, 2.75) is 25.8 Å². The lowest BCUT2D eigenvalue weighted by molar-refractivity contribution is -0.124. The van der Waals surface area contributed by atoms with Gasteiger partial charge in [0.05, 0.1) is 6.04 Å². The minimum Gasteiger partial charge on any atom is -0.353 e. The van der Waals surface area contributed by atoms with Crippen LogP contribution < -0.4 is 10.6 Å². The summed E-state index contributed by atoms with van der Waals surface area (Å²) in [6.45, 7) is 3.74. The zero-order valence-electron chi connectivity index (χ0n) is 9.62. The Balaban J connectivity index is 1.92. The maximum atomic E-state index is 11.5. The van der Waals surface area contributed by atoms with E-state index in [0.29, 0.717) is 0 Å². The molecule has 1 heterocycles. The number of carbonyl (C=O) groups is 1. The molecule has 3 nitrogen and oxygen atoms in total. The summed E-state index contributed by atoms with van der Waals surface area (Å²) in [4.78, 5) is 11.5. The van der Waals surface area contributed by atoms with Crippen molar-refractivity contribution in [1.29, 1.82) is 0 Å². The van der Waals surface area contributed by atoms with E-state index in [0.717, 1.165) is 25.9 Å². The first-order valence-corrected chi connectivity index (χ1v) is 5.83. The summed E-state index contributed by atoms with van der Waals surface area (Å²) in [7, 11) is 0. The highest BCUT2D eigenvalue weighted by Gasteiger charge is 2.20. The van der Waals surface area contributed by atoms with E-state index in [2.05, 4.69) is 35.8 Å². The van der Waals surface area contributed by atoms with Gasteiger partial charge in [-0.15, -0.1) is 0 Å². The lowest BCUT2D eigenvalue weighted by atomic mass is 10.00. The maximum Gasteiger partial charge on any atom is 0.237 e. The highest BCUT2D eigenvalue weighted by Crippen LogP contribution is 2.11. The Bertz CT molecular complexity index is 376. The minimum atomic E-state index is -0.0200. The lowest BCUT2D eigenvalue weighted by Crippen LogP contribution is -2.52. The highest BCUT2D eigenvalue weighted by atomic mass is 16.2. The Labute approximate surface area is 96.2 Å². The fourth-order valence-corrected chi connectivity index (χ4v) is 2.07. The molecular formula is C13H18N2O. The van der Waals surface area contributed by atoms with E-state index in [-0.39, 0.29) is 11.9 Å². The molecule has 1 aromatic carbocycles. The van der Waals surface area contributed by atoms with Gasteiger partial charge in [0.15, 0.2) is 0 Å². The van der Waals surface area contributed by atoms with Crippen LogP contribution in [0, 0.1) is 6.92 Å². The van der Waals surface area contributed by atoms with Crippen molar-refractivity contribution in [2.75, 3.05) is 13.1 Å². The van der Waals surface area contributed by atoms with Crippen molar-refractivity contribution in [3.8, 4) is 0 Å². The summed E-state index contributed by atoms with van der Waals surface area (Å²) in [6, 6.07) is 8.33. The number of amides is 1. The molecule has 86 valence electrons. The van der Waals surface area contributed by atoms with Crippen LogP contribution >= 0.6 is 0 Å². The highest BCUT2D eigenvalue weighted by molar-refractivity contribution is 5.82. The van der Waals surface area contributed by atoms with Gasteiger partial charge in [-0.3, -0.25) is 4.79 Å². The van der Waals surface area contributed by atoms with Crippen LogP contribution in [0.15, 0.2) is 24.3 Å². The van der Waals surface area contributed by atoms with Crippen LogP contribution in [-0.4, -0.2) is 25.0 Å². The van der Waals surface area contributed by atoms with Gasteiger partial charge >= 0.3 is 0 Å². The molecule has 0 saturated carbocycles. The summed E-state index contributed by atoms with van der Waals surface area (Å²) < 4.78 is 0. The van der Waals surface area contributed by atoms with Gasteiger partial charge in [0, 0.05) is 13.1 Å². The third-order valence-corrected chi connectivity index (χ3v) is 3.10. The first kappa shape index (κ1) is 11.1. The summed E-state index contributed by atoms with van der Waals surface area (Å²) in [5.41, 5.74) is 2.64. The van der Waals surface area contributed by atoms with Gasteiger partial charge in [-0.05, 0) is 30.9 Å². The number of aryl methyl sites for hydroxylation is 2. The van der Waals surface area contributed by atoms with Crippen LogP contribution in [0.3, 0.4) is 0 Å². The van der Waals surface area contributed by atoms with Crippen LogP contribution in [0.2, 0.25) is 0 Å². The molecule has 0 spiro atoms. The molecule has 1 amide bonds. The molecular weight excluding hydrogens is 200 g/mol. The average Bonchev–Trinajstić information content (AvgIpc) is 2.30. The molecule has 1 atom stereocenters. The Hall–Kier alpha value is -1.35. The molecule has 16 heavy (non-hydrogen) atoms. The van der Waals surface area contributed by atoms with Gasteiger partial charge in [-0.25, -0.2) is 0 Å². The van der Waals surface area contributed by atoms with Gasteiger partial charge in [-0.2, -0.15) is 0 Å². The van der Waals surface area contributed by atoms with Crippen LogP contribution in [-0.2, 0) is 11.2 Å². The standard InChI is InChI=1S/C13H18N2O/c1-10-4-2-3-5-11(10)6-7-12-13(16)15-9-8-14-12/h2-5,12,14H,6-9H2,1H3,(H,15,16). The van der Waals surface area contributed by atoms with Crippen molar-refractivity contribution in [2.24, 2.45) is 0 Å². The van der Waals surface area contributed by atoms with E-state index >= 15 is 0 Å². The fourth-order valence-electron chi connectivity index (χ4n) is 2.07. The van der Waals surface area contributed by atoms with Crippen molar-refractivity contribution in [3.05, 3.63) is 35.4 Å². The number of carbonyl (C=O) groups excluding carboxylic acids is 1. The van der Waals surface area contributed by atoms with E-state index in [1.807, 2.05) is 6.07 Å². The number of rotatable bonds is 3. The first-order valence-electron chi connectivity index (χ1n) is 5.83. The van der Waals surface area contributed by atoms with Crippen molar-refractivity contribution >= 4 is 5.91 Å². The summed E-state index contributed by atoms with van der Waals surface area (Å²) in [6.07, 6.45) is 1.83. The fraction of sp³-hybridized carbons (Fsp3) is 0.462. The largest absolute Gasteiger partial charge is 0.353 e. The van der Waals surface area contributed by atoms with Crippen LogP contribution in [0.1, 0.15) is 17.5 Å². The molecule has 1 unspecified atom stereocenters. The molecule has 0 radical (unpaired) electrons. The van der Waals surface area contributed by atoms with E-state index < -0.39 is 0 Å². The predicted molar refractivity (Wildman–Crippen MR) is 64.3 cm³/mol. The quantitative estimate of drug-likeness (QED) is 0.795. The number of hydrogen-bond acceptors (Lipinski definition) is 2. The maximum absolute atomic E-state index is 11.5. The zero-order valence-corrected chi connectivity index (χ0v) is 9.62. The van der Waals surface area contributed by atoms with Gasteiger partial charge in [0.25, 0.3) is 0 Å². The molecule has 1 aromatic rings. The van der Waals surface area contributed by atoms with Crippen LogP contribution in [0.25, 0.3) is 0 Å². The molecule has 3 heteroatoms. The van der Waals surface area contributed by atoms with Crippen molar-refractivity contribution < 1.29 is 4.79 Å². The summed E-state index contributed by atoms with van der Waals surface area (Å²) in [5, 5.41) is 6.13. The molecule has 0 bridgehead atoms. The third kappa shape index (κ3) is 2.61. The molecule has 0 aromatic heterocycles. The number of hydrogen-bond donors (Lipinski definition) is 2. The van der Waals surface area contributed by atoms with Crippen molar-refractivity contribution in [3.63, 3.8) is 0 Å². The van der Waals surface area contributed by atoms with Crippen LogP contribution in [0.5, 0.6) is 0 Å². The van der Waals surface area contributed by atoms with Crippen LogP contribution in [0.4, 0.5) is 0 Å². The second-order valence-electron chi connectivity index (χ2n) is 4.26. The molecule has 2 rings (SSSR count). The molecule has 2 N–H and O–H groups in total. The SMILES string of the molecule is Cc1ccccc1CCC1NCCNC1=O. The number of nitrogens with one attached hydrogen (secondary N) is 2. The number of benzene rings is 1. The monoisotopic (exact) mass is 218 g/mol. The average molecular weight is 218 g/mol. The topological polar surface area (TPSA) is 41.1 Å². The Morgan fingerprint density at radius 3 is 2.88 bits per heavy atom. The second kappa shape index (κ2) is 5.12. The Kier molecular flexibility index (Phi) is 3.57. The molecule has 1 saturated heterocycles. The van der Waals surface area contributed by atoms with E-state index in [4.69, 9.17) is 0 Å². The Morgan fingerprint density at radius 1 is 1.31 bits per heavy atom. The minimum absolute atomic E-state index is 0.0200. The Morgan fingerprint density at radius 2 is 2.12 bits per heavy atom. The summed E-state index contributed by atoms with van der Waals surface area (Å²) in [5.74, 6) is 0.139. The second-order valence-corrected chi connectivity index (χ2v) is 4.26. The molecule has 1 aliphatic rings. The van der Waals surface area contributed by atoms with Gasteiger partial charge in [0.2, 0.25) is 5.91 Å². The third-order valence-electron chi connectivity index (χ3n) is 3.10. The van der Waals surface area contributed by atoms with Gasteiger partial charge in [0.1, 0.15) is 0 Å². The van der Waals surface area contributed by atoms with Gasteiger partial charge in [-0.1, -0.05) is 24.3 Å². The van der Waals surface area contributed by atoms with E-state index in [1.165, 1.54) is 11.1 Å². The molecule has 0 aliphatic carbocycles. The molecule has 1 aliphatic heterocycles. The lowest BCUT2D eigenvalue weighted by Gasteiger charge is -2.23. The number of piperazine rings is 1. The van der Waals surface area contributed by atoms with Crippen molar-refractivity contribution in [1.82, 2.24) is 10.6 Å². The normalized spacial score (nSPS) is 20.6. The molecule has 1 fully saturated rings. The zero-order chi connectivity index (χ0) is 11.4. The van der Waals surface area contributed by atoms with Gasteiger partial charge < -0.3 is 10.6 Å². The smallest absolute Gasteiger partial charge is 0.237 e. The predicted octanol–water partition coefficient (Wildman–Crippen LogP) is 1.02. The van der Waals surface area contributed by atoms with E-state index in [1.54, 1.807) is 0 Å². The van der Waals surface area contributed by atoms with E-state index in [9.17, 15) is 4.79 Å².